The van der Waals surface area contributed by atoms with Crippen LogP contribution in [0.3, 0.4) is 0 Å². The van der Waals surface area contributed by atoms with Crippen LogP contribution in [0.4, 0.5) is 0 Å². The van der Waals surface area contributed by atoms with Crippen LogP contribution in [-0.4, -0.2) is 47.6 Å². The summed E-state index contributed by atoms with van der Waals surface area (Å²) in [5.74, 6) is 5.69. The van der Waals surface area contributed by atoms with E-state index >= 15 is 0 Å². The lowest BCUT2D eigenvalue weighted by Gasteiger charge is -2.29. The molecule has 2 aromatic rings. The van der Waals surface area contributed by atoms with Gasteiger partial charge in [0.1, 0.15) is 18.1 Å². The minimum absolute atomic E-state index is 0.000358. The topological polar surface area (TPSA) is 91.0 Å². The molecule has 1 aromatic heterocycles. The van der Waals surface area contributed by atoms with Crippen LogP contribution in [0.5, 0.6) is 0 Å². The molecule has 1 N–H and O–H groups in total. The zero-order valence-electron chi connectivity index (χ0n) is 18.9. The molecule has 1 aliphatic rings. The van der Waals surface area contributed by atoms with Gasteiger partial charge in [0.05, 0.1) is 25.4 Å². The van der Waals surface area contributed by atoms with Gasteiger partial charge in [-0.25, -0.2) is 9.78 Å². The van der Waals surface area contributed by atoms with E-state index in [1.807, 2.05) is 38.1 Å². The number of oxazole rings is 1. The fourth-order valence-electron chi connectivity index (χ4n) is 3.69. The lowest BCUT2D eigenvalue weighted by atomic mass is 9.95. The quantitative estimate of drug-likeness (QED) is 0.550. The number of carboxylic acids is 1. The summed E-state index contributed by atoms with van der Waals surface area (Å²) in [6.45, 7) is 6.06. The average Bonchev–Trinajstić information content (AvgIpc) is 3.15. The fourth-order valence-corrected chi connectivity index (χ4v) is 3.69. The van der Waals surface area contributed by atoms with Crippen molar-refractivity contribution in [2.75, 3.05) is 13.2 Å². The Morgan fingerprint density at radius 2 is 2.06 bits per heavy atom. The van der Waals surface area contributed by atoms with Crippen LogP contribution in [0, 0.1) is 25.7 Å². The van der Waals surface area contributed by atoms with E-state index in [2.05, 4.69) is 16.8 Å². The summed E-state index contributed by atoms with van der Waals surface area (Å²) in [5.41, 5.74) is 2.89. The fraction of sp³-hybridized carbons (Fsp3) is 0.520. The molecule has 1 aliphatic carbocycles. The van der Waals surface area contributed by atoms with E-state index in [1.54, 1.807) is 6.92 Å². The SMILES string of the molecule is CC#CCOC(CO[C@@H]1CCC[C@H](OCc2nc(-c3cccc(C)c3)oc2C)C1)C(=O)O. The van der Waals surface area contributed by atoms with Crippen molar-refractivity contribution in [3.8, 4) is 23.3 Å². The summed E-state index contributed by atoms with van der Waals surface area (Å²) < 4.78 is 23.1. The molecule has 0 aliphatic heterocycles. The van der Waals surface area contributed by atoms with Crippen LogP contribution < -0.4 is 0 Å². The molecule has 1 saturated carbocycles. The van der Waals surface area contributed by atoms with Crippen molar-refractivity contribution < 1.29 is 28.5 Å². The second-order valence-electron chi connectivity index (χ2n) is 8.01. The molecule has 0 saturated heterocycles. The van der Waals surface area contributed by atoms with E-state index < -0.39 is 12.1 Å². The summed E-state index contributed by atoms with van der Waals surface area (Å²) in [7, 11) is 0. The minimum Gasteiger partial charge on any atom is -0.479 e. The van der Waals surface area contributed by atoms with E-state index in [-0.39, 0.29) is 25.4 Å². The molecule has 3 rings (SSSR count). The number of hydrogen-bond acceptors (Lipinski definition) is 6. The molecule has 7 nitrogen and oxygen atoms in total. The summed E-state index contributed by atoms with van der Waals surface area (Å²) >= 11 is 0. The van der Waals surface area contributed by atoms with Gasteiger partial charge in [0.15, 0.2) is 6.10 Å². The standard InChI is InChI=1S/C25H31NO6/c1-4-5-12-29-23(25(27)28)16-31-21-11-7-10-20(14-21)30-15-22-18(3)32-24(26-22)19-9-6-8-17(2)13-19/h6,8-9,13,20-21,23H,7,10-12,14-16H2,1-3H3,(H,27,28)/t20-,21+,23?/m0/s1. The number of hydrogen-bond donors (Lipinski definition) is 1. The molecule has 0 spiro atoms. The molecule has 1 fully saturated rings. The third-order valence-corrected chi connectivity index (χ3v) is 5.48. The third-order valence-electron chi connectivity index (χ3n) is 5.48. The summed E-state index contributed by atoms with van der Waals surface area (Å²) in [5, 5.41) is 9.30. The first-order chi connectivity index (χ1) is 15.5. The van der Waals surface area contributed by atoms with Gasteiger partial charge in [-0.1, -0.05) is 23.6 Å². The first-order valence-electron chi connectivity index (χ1n) is 11.0. The second kappa shape index (κ2) is 11.8. The Morgan fingerprint density at radius 3 is 2.78 bits per heavy atom. The van der Waals surface area contributed by atoms with Crippen LogP contribution in [0.1, 0.15) is 49.6 Å². The lowest BCUT2D eigenvalue weighted by Crippen LogP contribution is -2.34. The number of carboxylic acid groups (broad SMARTS) is 1. The van der Waals surface area contributed by atoms with Crippen LogP contribution in [0.25, 0.3) is 11.5 Å². The zero-order valence-corrected chi connectivity index (χ0v) is 18.9. The largest absolute Gasteiger partial charge is 0.479 e. The van der Waals surface area contributed by atoms with Gasteiger partial charge in [-0.2, -0.15) is 0 Å². The van der Waals surface area contributed by atoms with Gasteiger partial charge in [-0.3, -0.25) is 0 Å². The molecule has 172 valence electrons. The van der Waals surface area contributed by atoms with Gasteiger partial charge >= 0.3 is 5.97 Å². The molecule has 0 bridgehead atoms. The Bertz CT molecular complexity index is 957. The third kappa shape index (κ3) is 6.92. The number of aryl methyl sites for hydroxylation is 2. The summed E-state index contributed by atoms with van der Waals surface area (Å²) in [6, 6.07) is 8.05. The molecule has 7 heteroatoms. The van der Waals surface area contributed by atoms with Gasteiger partial charge in [0, 0.05) is 5.56 Å². The number of nitrogens with zero attached hydrogens (tertiary/aromatic N) is 1. The van der Waals surface area contributed by atoms with E-state index in [0.29, 0.717) is 18.9 Å². The maximum Gasteiger partial charge on any atom is 0.335 e. The van der Waals surface area contributed by atoms with Gasteiger partial charge in [0.2, 0.25) is 5.89 Å². The maximum absolute atomic E-state index is 11.4. The molecule has 0 radical (unpaired) electrons. The summed E-state index contributed by atoms with van der Waals surface area (Å²) in [6.07, 6.45) is 2.44. The Morgan fingerprint density at radius 1 is 1.28 bits per heavy atom. The Labute approximate surface area is 189 Å². The van der Waals surface area contributed by atoms with Crippen molar-refractivity contribution in [1.82, 2.24) is 4.98 Å². The van der Waals surface area contributed by atoms with E-state index in [0.717, 1.165) is 41.8 Å². The van der Waals surface area contributed by atoms with Gasteiger partial charge in [0.25, 0.3) is 0 Å². The predicted octanol–water partition coefficient (Wildman–Crippen LogP) is 4.30. The first-order valence-corrected chi connectivity index (χ1v) is 11.0. The number of aliphatic carboxylic acids is 1. The highest BCUT2D eigenvalue weighted by Gasteiger charge is 2.26. The maximum atomic E-state index is 11.4. The Balaban J connectivity index is 1.50. The molecule has 32 heavy (non-hydrogen) atoms. The van der Waals surface area contributed by atoms with Crippen molar-refractivity contribution in [1.29, 1.82) is 0 Å². The second-order valence-corrected chi connectivity index (χ2v) is 8.01. The monoisotopic (exact) mass is 441 g/mol. The van der Waals surface area contributed by atoms with Crippen LogP contribution in [0.15, 0.2) is 28.7 Å². The molecule has 1 heterocycles. The molecular weight excluding hydrogens is 410 g/mol. The Kier molecular flexibility index (Phi) is 8.86. The van der Waals surface area contributed by atoms with E-state index in [1.165, 1.54) is 0 Å². The van der Waals surface area contributed by atoms with Gasteiger partial charge in [-0.05, 0) is 58.6 Å². The van der Waals surface area contributed by atoms with E-state index in [9.17, 15) is 9.90 Å². The summed E-state index contributed by atoms with van der Waals surface area (Å²) in [4.78, 5) is 16.0. The molecule has 0 amide bonds. The Hall–Kier alpha value is -2.66. The average molecular weight is 442 g/mol. The number of aromatic nitrogens is 1. The molecule has 1 unspecified atom stereocenters. The first kappa shape index (κ1) is 24.0. The van der Waals surface area contributed by atoms with Crippen molar-refractivity contribution >= 4 is 5.97 Å². The zero-order chi connectivity index (χ0) is 22.9. The van der Waals surface area contributed by atoms with Crippen molar-refractivity contribution in [3.05, 3.63) is 41.3 Å². The number of carbonyl (C=O) groups is 1. The van der Waals surface area contributed by atoms with Crippen molar-refractivity contribution in [2.24, 2.45) is 0 Å². The molecule has 3 atom stereocenters. The molecular formula is C25H31NO6. The van der Waals surface area contributed by atoms with Crippen molar-refractivity contribution in [2.45, 2.75) is 71.4 Å². The smallest absolute Gasteiger partial charge is 0.335 e. The van der Waals surface area contributed by atoms with Gasteiger partial charge in [-0.15, -0.1) is 5.92 Å². The van der Waals surface area contributed by atoms with E-state index in [4.69, 9.17) is 18.6 Å². The number of rotatable bonds is 10. The lowest BCUT2D eigenvalue weighted by molar-refractivity contribution is -0.156. The normalized spacial score (nSPS) is 19.2. The van der Waals surface area contributed by atoms with Crippen molar-refractivity contribution in [3.63, 3.8) is 0 Å². The van der Waals surface area contributed by atoms with Gasteiger partial charge < -0.3 is 23.7 Å². The number of ether oxygens (including phenoxy) is 3. The highest BCUT2D eigenvalue weighted by Crippen LogP contribution is 2.27. The molecule has 1 aromatic carbocycles. The number of benzene rings is 1. The minimum atomic E-state index is -1.04. The highest BCUT2D eigenvalue weighted by molar-refractivity contribution is 5.72. The van der Waals surface area contributed by atoms with Crippen LogP contribution >= 0.6 is 0 Å². The highest BCUT2D eigenvalue weighted by atomic mass is 16.6. The predicted molar refractivity (Wildman–Crippen MR) is 119 cm³/mol. The van der Waals surface area contributed by atoms with Crippen LogP contribution in [-0.2, 0) is 25.6 Å². The van der Waals surface area contributed by atoms with Crippen LogP contribution in [0.2, 0.25) is 0 Å².